The van der Waals surface area contributed by atoms with E-state index in [1.165, 1.54) is 0 Å². The molecule has 3 rings (SSSR count). The monoisotopic (exact) mass is 513 g/mol. The lowest BCUT2D eigenvalue weighted by molar-refractivity contribution is -0.129. The average molecular weight is 514 g/mol. The zero-order valence-electron chi connectivity index (χ0n) is 13.4. The molecule has 1 heterocycles. The number of carbonyl (C=O) groups excluding carboxylic acids is 1. The van der Waals surface area contributed by atoms with Gasteiger partial charge in [0.2, 0.25) is 5.90 Å². The van der Waals surface area contributed by atoms with Gasteiger partial charge in [-0.15, -0.1) is 0 Å². The van der Waals surface area contributed by atoms with Gasteiger partial charge in [-0.1, -0.05) is 0 Å². The van der Waals surface area contributed by atoms with E-state index < -0.39 is 5.97 Å². The van der Waals surface area contributed by atoms with Crippen molar-refractivity contribution in [3.05, 3.63) is 61.3 Å². The molecule has 0 saturated heterocycles. The van der Waals surface area contributed by atoms with Crippen molar-refractivity contribution in [2.45, 2.75) is 0 Å². The molecule has 0 spiro atoms. The van der Waals surface area contributed by atoms with E-state index in [1.54, 1.807) is 38.5 Å². The average Bonchev–Trinajstić information content (AvgIpc) is 2.97. The van der Waals surface area contributed by atoms with Crippen molar-refractivity contribution in [2.24, 2.45) is 4.99 Å². The van der Waals surface area contributed by atoms with Gasteiger partial charge in [-0.25, -0.2) is 9.79 Å². The van der Waals surface area contributed by atoms with E-state index in [2.05, 4.69) is 43.5 Å². The summed E-state index contributed by atoms with van der Waals surface area (Å²) in [4.78, 5) is 16.5. The number of carbonyl (C=O) groups is 1. The summed E-state index contributed by atoms with van der Waals surface area (Å²) >= 11 is 5.67. The Morgan fingerprint density at radius 1 is 1.12 bits per heavy atom. The van der Waals surface area contributed by atoms with Gasteiger partial charge in [-0.2, -0.15) is 0 Å². The largest absolute Gasteiger partial charge is 0.497 e. The van der Waals surface area contributed by atoms with E-state index in [0.717, 1.165) is 19.2 Å². The van der Waals surface area contributed by atoms with Gasteiger partial charge in [0.15, 0.2) is 5.70 Å². The van der Waals surface area contributed by atoms with Crippen LogP contribution in [-0.2, 0) is 9.53 Å². The predicted octanol–water partition coefficient (Wildman–Crippen LogP) is 4.42. The lowest BCUT2D eigenvalue weighted by atomic mass is 10.1. The van der Waals surface area contributed by atoms with Crippen molar-refractivity contribution < 1.29 is 19.0 Å². The van der Waals surface area contributed by atoms with Gasteiger partial charge in [0.1, 0.15) is 11.5 Å². The summed E-state index contributed by atoms with van der Waals surface area (Å²) in [5.74, 6) is 1.04. The molecule has 1 aliphatic heterocycles. The van der Waals surface area contributed by atoms with Crippen LogP contribution in [0.5, 0.6) is 11.5 Å². The summed E-state index contributed by atoms with van der Waals surface area (Å²) in [6.45, 7) is 0. The smallest absolute Gasteiger partial charge is 0.363 e. The Hall–Kier alpha value is -1.87. The molecule has 128 valence electrons. The Morgan fingerprint density at radius 3 is 2.40 bits per heavy atom. The SMILES string of the molecule is COc1cc(/C=C2\N=C(c3ccc(I)c(Br)c3)OC2=O)cc(OC)c1. The van der Waals surface area contributed by atoms with E-state index in [-0.39, 0.29) is 11.6 Å². The van der Waals surface area contributed by atoms with Crippen LogP contribution in [-0.4, -0.2) is 26.1 Å². The topological polar surface area (TPSA) is 57.1 Å². The van der Waals surface area contributed by atoms with E-state index >= 15 is 0 Å². The van der Waals surface area contributed by atoms with Crippen LogP contribution in [0.25, 0.3) is 6.08 Å². The first kappa shape index (κ1) is 17.9. The molecular weight excluding hydrogens is 501 g/mol. The maximum absolute atomic E-state index is 12.1. The third-order valence-electron chi connectivity index (χ3n) is 3.46. The molecule has 0 unspecified atom stereocenters. The Labute approximate surface area is 167 Å². The van der Waals surface area contributed by atoms with Gasteiger partial charge >= 0.3 is 5.97 Å². The first-order valence-corrected chi connectivity index (χ1v) is 9.08. The summed E-state index contributed by atoms with van der Waals surface area (Å²) in [6, 6.07) is 11.0. The van der Waals surface area contributed by atoms with E-state index in [9.17, 15) is 4.79 Å². The van der Waals surface area contributed by atoms with Gasteiger partial charge in [-0.05, 0) is 80.5 Å². The Bertz CT molecular complexity index is 886. The standard InChI is InChI=1S/C18H13BrINO4/c1-23-12-5-10(6-13(9-12)24-2)7-16-18(22)25-17(21-16)11-3-4-15(20)14(19)8-11/h3-9H,1-2H3/b16-7-. The number of nitrogens with zero attached hydrogens (tertiary/aromatic N) is 1. The van der Waals surface area contributed by atoms with Crippen molar-refractivity contribution in [1.29, 1.82) is 0 Å². The summed E-state index contributed by atoms with van der Waals surface area (Å²) in [6.07, 6.45) is 1.64. The van der Waals surface area contributed by atoms with Crippen molar-refractivity contribution in [3.63, 3.8) is 0 Å². The zero-order valence-corrected chi connectivity index (χ0v) is 17.1. The molecule has 0 fully saturated rings. The van der Waals surface area contributed by atoms with Crippen LogP contribution in [0.1, 0.15) is 11.1 Å². The first-order chi connectivity index (χ1) is 12.0. The third-order valence-corrected chi connectivity index (χ3v) is 5.80. The van der Waals surface area contributed by atoms with Crippen LogP contribution < -0.4 is 9.47 Å². The van der Waals surface area contributed by atoms with Crippen LogP contribution in [0, 0.1) is 3.57 Å². The van der Waals surface area contributed by atoms with Gasteiger partial charge in [0.25, 0.3) is 0 Å². The summed E-state index contributed by atoms with van der Waals surface area (Å²) in [5, 5.41) is 0. The van der Waals surface area contributed by atoms with Crippen LogP contribution in [0.4, 0.5) is 0 Å². The maximum atomic E-state index is 12.1. The lowest BCUT2D eigenvalue weighted by Crippen LogP contribution is -2.05. The molecule has 1 aliphatic rings. The number of ether oxygens (including phenoxy) is 3. The second-order valence-corrected chi connectivity index (χ2v) is 7.13. The number of hydrogen-bond donors (Lipinski definition) is 0. The molecule has 25 heavy (non-hydrogen) atoms. The van der Waals surface area contributed by atoms with Crippen LogP contribution in [0.2, 0.25) is 0 Å². The fraction of sp³-hybridized carbons (Fsp3) is 0.111. The fourth-order valence-corrected chi connectivity index (χ4v) is 2.95. The molecule has 0 N–H and O–H groups in total. The molecule has 0 radical (unpaired) electrons. The Morgan fingerprint density at radius 2 is 1.80 bits per heavy atom. The number of esters is 1. The van der Waals surface area contributed by atoms with E-state index in [0.29, 0.717) is 11.5 Å². The normalized spacial score (nSPS) is 15.1. The summed E-state index contributed by atoms with van der Waals surface area (Å²) in [7, 11) is 3.14. The van der Waals surface area contributed by atoms with Gasteiger partial charge in [0.05, 0.1) is 14.2 Å². The molecule has 7 heteroatoms. The third kappa shape index (κ3) is 4.04. The van der Waals surface area contributed by atoms with Gasteiger partial charge in [0, 0.05) is 19.7 Å². The fourth-order valence-electron chi connectivity index (χ4n) is 2.23. The quantitative estimate of drug-likeness (QED) is 0.345. The second-order valence-electron chi connectivity index (χ2n) is 5.11. The number of benzene rings is 2. The number of methoxy groups -OCH3 is 2. The molecule has 0 saturated carbocycles. The minimum atomic E-state index is -0.494. The highest BCUT2D eigenvalue weighted by molar-refractivity contribution is 14.1. The predicted molar refractivity (Wildman–Crippen MR) is 107 cm³/mol. The van der Waals surface area contributed by atoms with Crippen molar-refractivity contribution >= 4 is 56.5 Å². The van der Waals surface area contributed by atoms with Crippen molar-refractivity contribution in [3.8, 4) is 11.5 Å². The van der Waals surface area contributed by atoms with E-state index in [4.69, 9.17) is 14.2 Å². The van der Waals surface area contributed by atoms with Crippen LogP contribution in [0.15, 0.2) is 51.6 Å². The number of halogens is 2. The highest BCUT2D eigenvalue weighted by Crippen LogP contribution is 2.27. The van der Waals surface area contributed by atoms with Gasteiger partial charge < -0.3 is 14.2 Å². The summed E-state index contributed by atoms with van der Waals surface area (Å²) in [5.41, 5.74) is 1.68. The minimum absolute atomic E-state index is 0.222. The Kier molecular flexibility index (Phi) is 5.43. The summed E-state index contributed by atoms with van der Waals surface area (Å²) < 4.78 is 17.7. The minimum Gasteiger partial charge on any atom is -0.497 e. The number of rotatable bonds is 4. The molecule has 0 aromatic heterocycles. The molecule has 5 nitrogen and oxygen atoms in total. The molecule has 2 aromatic rings. The van der Waals surface area contributed by atoms with Crippen molar-refractivity contribution in [1.82, 2.24) is 0 Å². The molecule has 0 aliphatic carbocycles. The van der Waals surface area contributed by atoms with Crippen molar-refractivity contribution in [2.75, 3.05) is 14.2 Å². The number of cyclic esters (lactones) is 1. The maximum Gasteiger partial charge on any atom is 0.363 e. The first-order valence-electron chi connectivity index (χ1n) is 7.21. The molecular formula is C18H13BrINO4. The van der Waals surface area contributed by atoms with Gasteiger partial charge in [-0.3, -0.25) is 0 Å². The molecule has 0 bridgehead atoms. The number of hydrogen-bond acceptors (Lipinski definition) is 5. The van der Waals surface area contributed by atoms with E-state index in [1.807, 2.05) is 18.2 Å². The molecule has 0 atom stereocenters. The highest BCUT2D eigenvalue weighted by atomic mass is 127. The molecule has 0 amide bonds. The Balaban J connectivity index is 1.97. The van der Waals surface area contributed by atoms with Crippen LogP contribution in [0.3, 0.4) is 0 Å². The number of aliphatic imine (C=N–C) groups is 1. The zero-order chi connectivity index (χ0) is 18.0. The molecule has 2 aromatic carbocycles. The lowest BCUT2D eigenvalue weighted by Gasteiger charge is -2.05. The highest BCUT2D eigenvalue weighted by Gasteiger charge is 2.24. The second kappa shape index (κ2) is 7.57. The van der Waals surface area contributed by atoms with Crippen LogP contribution >= 0.6 is 38.5 Å².